The summed E-state index contributed by atoms with van der Waals surface area (Å²) in [7, 11) is 1.96. The van der Waals surface area contributed by atoms with Crippen LogP contribution in [0.15, 0.2) is 12.4 Å². The first-order chi connectivity index (χ1) is 6.24. The molecule has 1 rings (SSSR count). The van der Waals surface area contributed by atoms with Crippen molar-refractivity contribution in [1.82, 2.24) is 9.55 Å². The Morgan fingerprint density at radius 3 is 3.00 bits per heavy atom. The summed E-state index contributed by atoms with van der Waals surface area (Å²) in [6.45, 7) is 5.54. The van der Waals surface area contributed by atoms with Gasteiger partial charge in [0.15, 0.2) is 0 Å². The highest BCUT2D eigenvalue weighted by Gasteiger charge is 2.04. The molecule has 1 atom stereocenters. The van der Waals surface area contributed by atoms with E-state index in [-0.39, 0.29) is 0 Å². The lowest BCUT2D eigenvalue weighted by atomic mass is 10.4. The van der Waals surface area contributed by atoms with Gasteiger partial charge in [-0.1, -0.05) is 0 Å². The fourth-order valence-electron chi connectivity index (χ4n) is 1.06. The summed E-state index contributed by atoms with van der Waals surface area (Å²) in [4.78, 5) is 4.16. The van der Waals surface area contributed by atoms with Crippen LogP contribution in [0.5, 0.6) is 0 Å². The van der Waals surface area contributed by atoms with Crippen molar-refractivity contribution in [1.29, 1.82) is 0 Å². The van der Waals surface area contributed by atoms with E-state index in [2.05, 4.69) is 17.2 Å². The zero-order chi connectivity index (χ0) is 9.68. The second kappa shape index (κ2) is 4.87. The Balaban J connectivity index is 2.36. The molecule has 4 heteroatoms. The molecule has 4 nitrogen and oxygen atoms in total. The molecule has 13 heavy (non-hydrogen) atoms. The van der Waals surface area contributed by atoms with Gasteiger partial charge >= 0.3 is 0 Å². The molecule has 0 saturated heterocycles. The van der Waals surface area contributed by atoms with E-state index < -0.39 is 0 Å². The van der Waals surface area contributed by atoms with Gasteiger partial charge in [0.1, 0.15) is 0 Å². The molecule has 0 radical (unpaired) electrons. The average Bonchev–Trinajstić information content (AvgIpc) is 2.48. The summed E-state index contributed by atoms with van der Waals surface area (Å²) in [5, 5.41) is 3.25. The molecular weight excluding hydrogens is 166 g/mol. The van der Waals surface area contributed by atoms with E-state index in [1.165, 1.54) is 0 Å². The molecule has 1 aromatic rings. The number of hydrogen-bond donors (Lipinski definition) is 1. The van der Waals surface area contributed by atoms with Gasteiger partial charge < -0.3 is 14.6 Å². The SMILES string of the molecule is CCOCC(C)Nc1nccn1C. The molecule has 0 aliphatic rings. The Kier molecular flexibility index (Phi) is 3.76. The number of imidazole rings is 1. The van der Waals surface area contributed by atoms with E-state index >= 15 is 0 Å². The third kappa shape index (κ3) is 3.06. The monoisotopic (exact) mass is 183 g/mol. The van der Waals surface area contributed by atoms with Crippen LogP contribution in [0.2, 0.25) is 0 Å². The average molecular weight is 183 g/mol. The molecule has 1 heterocycles. The molecule has 0 aliphatic carbocycles. The molecule has 0 bridgehead atoms. The van der Waals surface area contributed by atoms with Crippen LogP contribution in [0.3, 0.4) is 0 Å². The van der Waals surface area contributed by atoms with Crippen molar-refractivity contribution < 1.29 is 4.74 Å². The molecule has 0 saturated carbocycles. The van der Waals surface area contributed by atoms with Crippen LogP contribution in [-0.4, -0.2) is 28.8 Å². The smallest absolute Gasteiger partial charge is 0.202 e. The number of aromatic nitrogens is 2. The minimum absolute atomic E-state index is 0.293. The van der Waals surface area contributed by atoms with Gasteiger partial charge in [0, 0.05) is 32.1 Å². The zero-order valence-electron chi connectivity index (χ0n) is 8.45. The Bertz CT molecular complexity index is 247. The van der Waals surface area contributed by atoms with Gasteiger partial charge in [-0.05, 0) is 13.8 Å². The van der Waals surface area contributed by atoms with Crippen molar-refractivity contribution in [2.24, 2.45) is 7.05 Å². The van der Waals surface area contributed by atoms with Gasteiger partial charge in [-0.15, -0.1) is 0 Å². The van der Waals surface area contributed by atoms with Gasteiger partial charge in [-0.25, -0.2) is 4.98 Å². The Hall–Kier alpha value is -1.03. The summed E-state index contributed by atoms with van der Waals surface area (Å²) in [6, 6.07) is 0.293. The van der Waals surface area contributed by atoms with Crippen LogP contribution in [0.1, 0.15) is 13.8 Å². The van der Waals surface area contributed by atoms with Gasteiger partial charge in [0.05, 0.1) is 6.61 Å². The molecule has 0 aliphatic heterocycles. The van der Waals surface area contributed by atoms with Crippen LogP contribution in [0.4, 0.5) is 5.95 Å². The maximum Gasteiger partial charge on any atom is 0.202 e. The highest BCUT2D eigenvalue weighted by atomic mass is 16.5. The molecule has 1 N–H and O–H groups in total. The van der Waals surface area contributed by atoms with Crippen molar-refractivity contribution in [3.05, 3.63) is 12.4 Å². The first kappa shape index (κ1) is 10.1. The van der Waals surface area contributed by atoms with Crippen LogP contribution in [0, 0.1) is 0 Å². The van der Waals surface area contributed by atoms with E-state index in [0.29, 0.717) is 12.6 Å². The quantitative estimate of drug-likeness (QED) is 0.747. The summed E-state index contributed by atoms with van der Waals surface area (Å²) < 4.78 is 7.23. The molecular formula is C9H17N3O. The van der Waals surface area contributed by atoms with Crippen LogP contribution in [-0.2, 0) is 11.8 Å². The molecule has 1 aromatic heterocycles. The fourth-order valence-corrected chi connectivity index (χ4v) is 1.06. The normalized spacial score (nSPS) is 12.8. The molecule has 0 fully saturated rings. The number of aryl methyl sites for hydroxylation is 1. The lowest BCUT2D eigenvalue weighted by Crippen LogP contribution is -2.23. The predicted octanol–water partition coefficient (Wildman–Crippen LogP) is 1.26. The first-order valence-electron chi connectivity index (χ1n) is 4.55. The Labute approximate surface area is 78.9 Å². The van der Waals surface area contributed by atoms with Crippen molar-refractivity contribution in [3.8, 4) is 0 Å². The second-order valence-electron chi connectivity index (χ2n) is 3.07. The third-order valence-electron chi connectivity index (χ3n) is 1.77. The summed E-state index contributed by atoms with van der Waals surface area (Å²) in [5.74, 6) is 0.882. The second-order valence-corrected chi connectivity index (χ2v) is 3.07. The van der Waals surface area contributed by atoms with Crippen LogP contribution in [0.25, 0.3) is 0 Å². The number of nitrogens with one attached hydrogen (secondary N) is 1. The number of nitrogens with zero attached hydrogens (tertiary/aromatic N) is 2. The van der Waals surface area contributed by atoms with Crippen LogP contribution < -0.4 is 5.32 Å². The number of ether oxygens (including phenoxy) is 1. The molecule has 0 aromatic carbocycles. The molecule has 1 unspecified atom stereocenters. The van der Waals surface area contributed by atoms with E-state index in [1.54, 1.807) is 6.20 Å². The van der Waals surface area contributed by atoms with Crippen molar-refractivity contribution in [3.63, 3.8) is 0 Å². The predicted molar refractivity (Wildman–Crippen MR) is 52.8 cm³/mol. The van der Waals surface area contributed by atoms with Gasteiger partial charge in [0.2, 0.25) is 5.95 Å². The minimum Gasteiger partial charge on any atom is -0.380 e. The largest absolute Gasteiger partial charge is 0.380 e. The van der Waals surface area contributed by atoms with Crippen molar-refractivity contribution >= 4 is 5.95 Å². The van der Waals surface area contributed by atoms with E-state index in [0.717, 1.165) is 12.6 Å². The van der Waals surface area contributed by atoms with E-state index in [9.17, 15) is 0 Å². The Morgan fingerprint density at radius 1 is 1.69 bits per heavy atom. The lowest BCUT2D eigenvalue weighted by Gasteiger charge is -2.13. The highest BCUT2D eigenvalue weighted by molar-refractivity contribution is 5.26. The standard InChI is InChI=1S/C9H17N3O/c1-4-13-7-8(2)11-9-10-5-6-12(9)3/h5-6,8H,4,7H2,1-3H3,(H,10,11). The first-order valence-corrected chi connectivity index (χ1v) is 4.55. The molecule has 0 spiro atoms. The van der Waals surface area contributed by atoms with Crippen molar-refractivity contribution in [2.45, 2.75) is 19.9 Å². The fraction of sp³-hybridized carbons (Fsp3) is 0.667. The third-order valence-corrected chi connectivity index (χ3v) is 1.77. The maximum absolute atomic E-state index is 5.28. The maximum atomic E-state index is 5.28. The number of rotatable bonds is 5. The topological polar surface area (TPSA) is 39.1 Å². The molecule has 0 amide bonds. The number of anilines is 1. The van der Waals surface area contributed by atoms with Gasteiger partial charge in [0.25, 0.3) is 0 Å². The van der Waals surface area contributed by atoms with Gasteiger partial charge in [-0.3, -0.25) is 0 Å². The summed E-state index contributed by atoms with van der Waals surface area (Å²) in [6.07, 6.45) is 3.69. The van der Waals surface area contributed by atoms with Crippen molar-refractivity contribution in [2.75, 3.05) is 18.5 Å². The van der Waals surface area contributed by atoms with Gasteiger partial charge in [-0.2, -0.15) is 0 Å². The minimum atomic E-state index is 0.293. The number of hydrogen-bond acceptors (Lipinski definition) is 3. The Morgan fingerprint density at radius 2 is 2.46 bits per heavy atom. The van der Waals surface area contributed by atoms with E-state index in [4.69, 9.17) is 4.74 Å². The molecule has 74 valence electrons. The van der Waals surface area contributed by atoms with Crippen LogP contribution >= 0.6 is 0 Å². The summed E-state index contributed by atoms with van der Waals surface area (Å²) in [5.41, 5.74) is 0. The lowest BCUT2D eigenvalue weighted by molar-refractivity contribution is 0.141. The summed E-state index contributed by atoms with van der Waals surface area (Å²) >= 11 is 0. The van der Waals surface area contributed by atoms with E-state index in [1.807, 2.05) is 24.7 Å². The zero-order valence-corrected chi connectivity index (χ0v) is 8.45. The highest BCUT2D eigenvalue weighted by Crippen LogP contribution is 2.03.